The zero-order chi connectivity index (χ0) is 11.7. The van der Waals surface area contributed by atoms with Gasteiger partial charge in [-0.2, -0.15) is 0 Å². The van der Waals surface area contributed by atoms with Crippen molar-refractivity contribution in [2.24, 2.45) is 12.8 Å². The number of aromatic nitrogens is 2. The predicted molar refractivity (Wildman–Crippen MR) is 67.5 cm³/mol. The lowest BCUT2D eigenvalue weighted by atomic mass is 10.1. The first kappa shape index (κ1) is 11.1. The predicted octanol–water partition coefficient (Wildman–Crippen LogP) is 2.33. The lowest BCUT2D eigenvalue weighted by molar-refractivity contribution is 0.608. The number of hydrogen-bond acceptors (Lipinski definition) is 2. The van der Waals surface area contributed by atoms with Gasteiger partial charge >= 0.3 is 0 Å². The summed E-state index contributed by atoms with van der Waals surface area (Å²) in [4.78, 5) is 4.70. The molecule has 0 amide bonds. The molecule has 16 heavy (non-hydrogen) atoms. The van der Waals surface area contributed by atoms with Crippen LogP contribution < -0.4 is 5.73 Å². The molecule has 86 valence electrons. The number of benzene rings is 1. The zero-order valence-corrected chi connectivity index (χ0v) is 10.2. The van der Waals surface area contributed by atoms with E-state index in [4.69, 9.17) is 10.7 Å². The Morgan fingerprint density at radius 3 is 2.75 bits per heavy atom. The maximum Gasteiger partial charge on any atom is 0.113 e. The van der Waals surface area contributed by atoms with E-state index in [-0.39, 0.29) is 0 Å². The molecule has 0 aliphatic rings. The van der Waals surface area contributed by atoms with E-state index in [2.05, 4.69) is 43.7 Å². The van der Waals surface area contributed by atoms with Crippen LogP contribution in [0.5, 0.6) is 0 Å². The third-order valence-corrected chi connectivity index (χ3v) is 3.27. The molecule has 3 heteroatoms. The van der Waals surface area contributed by atoms with E-state index in [0.717, 1.165) is 17.8 Å². The average Bonchev–Trinajstić information content (AvgIpc) is 2.60. The molecule has 1 atom stereocenters. The zero-order valence-electron chi connectivity index (χ0n) is 10.2. The van der Waals surface area contributed by atoms with Crippen LogP contribution >= 0.6 is 0 Å². The second-order valence-corrected chi connectivity index (χ2v) is 4.31. The molecule has 2 N–H and O–H groups in total. The maximum absolute atomic E-state index is 5.79. The molecular formula is C13H19N3. The number of nitrogens with zero attached hydrogens (tertiary/aromatic N) is 2. The van der Waals surface area contributed by atoms with Crippen molar-refractivity contribution in [2.45, 2.75) is 26.2 Å². The molecule has 0 aliphatic carbocycles. The molecule has 0 saturated heterocycles. The normalized spacial score (nSPS) is 13.2. The van der Waals surface area contributed by atoms with Crippen molar-refractivity contribution in [3.05, 3.63) is 29.6 Å². The minimum absolute atomic E-state index is 0.358. The molecule has 1 unspecified atom stereocenters. The third-order valence-electron chi connectivity index (χ3n) is 3.27. The van der Waals surface area contributed by atoms with Gasteiger partial charge in [0.05, 0.1) is 11.0 Å². The van der Waals surface area contributed by atoms with Crippen LogP contribution in [0.4, 0.5) is 0 Å². The summed E-state index contributed by atoms with van der Waals surface area (Å²) in [5.41, 5.74) is 9.36. The van der Waals surface area contributed by atoms with Crippen molar-refractivity contribution in [3.63, 3.8) is 0 Å². The largest absolute Gasteiger partial charge is 0.331 e. The topological polar surface area (TPSA) is 43.8 Å². The number of nitrogens with two attached hydrogens (primary N) is 1. The molecule has 1 aromatic heterocycles. The van der Waals surface area contributed by atoms with E-state index in [1.165, 1.54) is 11.1 Å². The maximum atomic E-state index is 5.79. The average molecular weight is 217 g/mol. The van der Waals surface area contributed by atoms with E-state index in [9.17, 15) is 0 Å². The molecule has 0 fully saturated rings. The first-order valence-electron chi connectivity index (χ1n) is 5.81. The van der Waals surface area contributed by atoms with Gasteiger partial charge in [0.15, 0.2) is 0 Å². The van der Waals surface area contributed by atoms with Crippen molar-refractivity contribution < 1.29 is 0 Å². The number of imidazole rings is 1. The lowest BCUT2D eigenvalue weighted by Crippen LogP contribution is -2.15. The van der Waals surface area contributed by atoms with Gasteiger partial charge in [0.1, 0.15) is 5.82 Å². The third kappa shape index (κ3) is 1.61. The van der Waals surface area contributed by atoms with Gasteiger partial charge < -0.3 is 10.3 Å². The minimum atomic E-state index is 0.358. The van der Waals surface area contributed by atoms with Crippen LogP contribution in [0.1, 0.15) is 30.7 Å². The Balaban J connectivity index is 2.64. The molecular weight excluding hydrogens is 198 g/mol. The first-order chi connectivity index (χ1) is 7.69. The number of fused-ring (bicyclic) bond motifs is 1. The Bertz CT molecular complexity index is 495. The van der Waals surface area contributed by atoms with E-state index in [1.54, 1.807) is 0 Å². The van der Waals surface area contributed by atoms with Crippen molar-refractivity contribution in [1.29, 1.82) is 0 Å². The molecule has 2 aromatic rings. The standard InChI is InChI=1S/C13H19N3/c1-4-10(8-14)13-15-11-7-5-6-9(2)12(11)16(13)3/h5-7,10H,4,8,14H2,1-3H3. The van der Waals surface area contributed by atoms with Crippen molar-refractivity contribution in [2.75, 3.05) is 6.54 Å². The fraction of sp³-hybridized carbons (Fsp3) is 0.462. The number of aryl methyl sites for hydroxylation is 2. The molecule has 0 saturated carbocycles. The van der Waals surface area contributed by atoms with Crippen LogP contribution in [0.25, 0.3) is 11.0 Å². The van der Waals surface area contributed by atoms with Crippen LogP contribution in [0.2, 0.25) is 0 Å². The molecule has 0 radical (unpaired) electrons. The number of rotatable bonds is 3. The monoisotopic (exact) mass is 217 g/mol. The van der Waals surface area contributed by atoms with Crippen LogP contribution in [0.3, 0.4) is 0 Å². The SMILES string of the molecule is CCC(CN)c1nc2cccc(C)c2n1C. The fourth-order valence-corrected chi connectivity index (χ4v) is 2.30. The van der Waals surface area contributed by atoms with E-state index < -0.39 is 0 Å². The summed E-state index contributed by atoms with van der Waals surface area (Å²) >= 11 is 0. The van der Waals surface area contributed by atoms with Crippen LogP contribution in [0, 0.1) is 6.92 Å². The highest BCUT2D eigenvalue weighted by molar-refractivity contribution is 5.79. The van der Waals surface area contributed by atoms with Gasteiger partial charge in [-0.05, 0) is 25.0 Å². The lowest BCUT2D eigenvalue weighted by Gasteiger charge is -2.12. The summed E-state index contributed by atoms with van der Waals surface area (Å²) in [5, 5.41) is 0. The molecule has 1 aromatic carbocycles. The molecule has 0 aliphatic heterocycles. The summed E-state index contributed by atoms with van der Waals surface area (Å²) in [6.07, 6.45) is 1.03. The van der Waals surface area contributed by atoms with Crippen LogP contribution in [0.15, 0.2) is 18.2 Å². The van der Waals surface area contributed by atoms with Gasteiger partial charge in [-0.1, -0.05) is 19.1 Å². The fourth-order valence-electron chi connectivity index (χ4n) is 2.30. The van der Waals surface area contributed by atoms with Gasteiger partial charge in [0.25, 0.3) is 0 Å². The smallest absolute Gasteiger partial charge is 0.113 e. The molecule has 1 heterocycles. The Morgan fingerprint density at radius 2 is 2.19 bits per heavy atom. The highest BCUT2D eigenvalue weighted by atomic mass is 15.1. The number of hydrogen-bond donors (Lipinski definition) is 1. The Hall–Kier alpha value is -1.35. The Labute approximate surface area is 96.3 Å². The van der Waals surface area contributed by atoms with Gasteiger partial charge in [-0.15, -0.1) is 0 Å². The van der Waals surface area contributed by atoms with Crippen molar-refractivity contribution in [1.82, 2.24) is 9.55 Å². The van der Waals surface area contributed by atoms with Crippen molar-refractivity contribution in [3.8, 4) is 0 Å². The van der Waals surface area contributed by atoms with Gasteiger partial charge in [-0.3, -0.25) is 0 Å². The number of para-hydroxylation sites is 1. The quantitative estimate of drug-likeness (QED) is 0.857. The Kier molecular flexibility index (Phi) is 2.97. The van der Waals surface area contributed by atoms with Gasteiger partial charge in [0, 0.05) is 19.5 Å². The Morgan fingerprint density at radius 1 is 1.44 bits per heavy atom. The highest BCUT2D eigenvalue weighted by Gasteiger charge is 2.16. The van der Waals surface area contributed by atoms with E-state index >= 15 is 0 Å². The van der Waals surface area contributed by atoms with E-state index in [1.807, 2.05) is 0 Å². The second-order valence-electron chi connectivity index (χ2n) is 4.31. The summed E-state index contributed by atoms with van der Waals surface area (Å²) < 4.78 is 2.19. The van der Waals surface area contributed by atoms with Gasteiger partial charge in [0.2, 0.25) is 0 Å². The first-order valence-corrected chi connectivity index (χ1v) is 5.81. The summed E-state index contributed by atoms with van der Waals surface area (Å²) in [5.74, 6) is 1.46. The molecule has 0 spiro atoms. The van der Waals surface area contributed by atoms with Gasteiger partial charge in [-0.25, -0.2) is 4.98 Å². The molecule has 2 rings (SSSR count). The second kappa shape index (κ2) is 4.26. The summed E-state index contributed by atoms with van der Waals surface area (Å²) in [6.45, 7) is 4.94. The molecule has 3 nitrogen and oxygen atoms in total. The van der Waals surface area contributed by atoms with Crippen molar-refractivity contribution >= 4 is 11.0 Å². The molecule has 0 bridgehead atoms. The van der Waals surface area contributed by atoms with E-state index in [0.29, 0.717) is 12.5 Å². The summed E-state index contributed by atoms with van der Waals surface area (Å²) in [6, 6.07) is 6.24. The van der Waals surface area contributed by atoms with Crippen LogP contribution in [-0.2, 0) is 7.05 Å². The highest BCUT2D eigenvalue weighted by Crippen LogP contribution is 2.24. The minimum Gasteiger partial charge on any atom is -0.331 e. The summed E-state index contributed by atoms with van der Waals surface area (Å²) in [7, 11) is 2.08. The van der Waals surface area contributed by atoms with Crippen LogP contribution in [-0.4, -0.2) is 16.1 Å².